The Balaban J connectivity index is 1.58. The molecule has 2 aliphatic heterocycles. The van der Waals surface area contributed by atoms with Crippen LogP contribution < -0.4 is 0 Å². The quantitative estimate of drug-likeness (QED) is 0.902. The summed E-state index contributed by atoms with van der Waals surface area (Å²) < 4.78 is 0. The Bertz CT molecular complexity index is 553. The van der Waals surface area contributed by atoms with Gasteiger partial charge in [0.15, 0.2) is 0 Å². The second-order valence-electron chi connectivity index (χ2n) is 7.16. The van der Waals surface area contributed by atoms with Crippen molar-refractivity contribution in [2.45, 2.75) is 38.8 Å². The third-order valence-electron chi connectivity index (χ3n) is 5.31. The molecule has 2 aliphatic rings. The first-order valence-corrected chi connectivity index (χ1v) is 8.74. The van der Waals surface area contributed by atoms with Crippen LogP contribution in [0.15, 0.2) is 24.3 Å². The summed E-state index contributed by atoms with van der Waals surface area (Å²) in [6.07, 6.45) is 2.53. The van der Waals surface area contributed by atoms with E-state index in [0.29, 0.717) is 6.54 Å². The van der Waals surface area contributed by atoms with E-state index >= 15 is 0 Å². The van der Waals surface area contributed by atoms with Gasteiger partial charge in [0.1, 0.15) is 0 Å². The van der Waals surface area contributed by atoms with Crippen molar-refractivity contribution < 1.29 is 9.90 Å². The van der Waals surface area contributed by atoms with Crippen molar-refractivity contribution in [1.82, 2.24) is 9.80 Å². The molecule has 1 N–H and O–H groups in total. The summed E-state index contributed by atoms with van der Waals surface area (Å²) in [6.45, 7) is 5.86. The number of aliphatic hydroxyl groups excluding tert-OH is 1. The van der Waals surface area contributed by atoms with Gasteiger partial charge < -0.3 is 10.0 Å². The van der Waals surface area contributed by atoms with Crippen molar-refractivity contribution in [3.63, 3.8) is 0 Å². The van der Waals surface area contributed by atoms with E-state index in [1.54, 1.807) is 6.92 Å². The van der Waals surface area contributed by atoms with Crippen molar-refractivity contribution >= 4 is 17.5 Å². The predicted octanol–water partition coefficient (Wildman–Crippen LogP) is 2.54. The monoisotopic (exact) mass is 336 g/mol. The largest absolute Gasteiger partial charge is 0.391 e. The van der Waals surface area contributed by atoms with Gasteiger partial charge in [0.25, 0.3) is 0 Å². The number of benzene rings is 1. The van der Waals surface area contributed by atoms with E-state index in [-0.39, 0.29) is 17.4 Å². The molecular weight excluding hydrogens is 312 g/mol. The van der Waals surface area contributed by atoms with Crippen LogP contribution in [0.2, 0.25) is 5.02 Å². The van der Waals surface area contributed by atoms with Crippen LogP contribution >= 0.6 is 11.6 Å². The Morgan fingerprint density at radius 3 is 2.57 bits per heavy atom. The maximum atomic E-state index is 11.7. The minimum atomic E-state index is -0.379. The maximum Gasteiger partial charge on any atom is 0.219 e. The molecule has 1 amide bonds. The lowest BCUT2D eigenvalue weighted by Gasteiger charge is -2.49. The first-order valence-electron chi connectivity index (χ1n) is 8.36. The molecule has 1 aromatic rings. The van der Waals surface area contributed by atoms with Crippen LogP contribution in [0.4, 0.5) is 0 Å². The number of carbonyl (C=O) groups is 1. The molecule has 0 radical (unpaired) electrons. The number of β-amino-alcohol motifs (C(OH)–C–C–N with tert-alkyl or cyclic N) is 1. The standard InChI is InChI=1S/C18H25ClN2O2/c1-14(22)21-12-17(23)10-18(13-21)6-8-20(9-7-18)11-15-2-4-16(19)5-3-15/h2-5,17,23H,6-13H2,1H3. The molecule has 2 saturated heterocycles. The average Bonchev–Trinajstić information content (AvgIpc) is 2.51. The minimum absolute atomic E-state index is 0.0757. The number of rotatable bonds is 2. The van der Waals surface area contributed by atoms with E-state index in [0.717, 1.165) is 50.5 Å². The molecule has 4 nitrogen and oxygen atoms in total. The lowest BCUT2D eigenvalue weighted by Crippen LogP contribution is -2.54. The molecule has 1 spiro atoms. The van der Waals surface area contributed by atoms with E-state index in [9.17, 15) is 9.90 Å². The van der Waals surface area contributed by atoms with E-state index in [2.05, 4.69) is 17.0 Å². The van der Waals surface area contributed by atoms with Crippen LogP contribution in [0.1, 0.15) is 31.7 Å². The second kappa shape index (κ2) is 6.80. The normalized spacial score (nSPS) is 24.8. The van der Waals surface area contributed by atoms with Crippen molar-refractivity contribution in [2.75, 3.05) is 26.2 Å². The summed E-state index contributed by atoms with van der Waals surface area (Å²) in [7, 11) is 0. The third-order valence-corrected chi connectivity index (χ3v) is 5.56. The fraction of sp³-hybridized carbons (Fsp3) is 0.611. The zero-order valence-electron chi connectivity index (χ0n) is 13.7. The number of amides is 1. The van der Waals surface area contributed by atoms with Crippen molar-refractivity contribution in [3.8, 4) is 0 Å². The van der Waals surface area contributed by atoms with Crippen LogP contribution in [0.25, 0.3) is 0 Å². The van der Waals surface area contributed by atoms with Gasteiger partial charge in [-0.3, -0.25) is 9.69 Å². The predicted molar refractivity (Wildman–Crippen MR) is 91.3 cm³/mol. The smallest absolute Gasteiger partial charge is 0.219 e. The highest BCUT2D eigenvalue weighted by molar-refractivity contribution is 6.30. The number of hydrogen-bond donors (Lipinski definition) is 1. The Morgan fingerprint density at radius 2 is 1.96 bits per heavy atom. The molecular formula is C18H25ClN2O2. The summed E-state index contributed by atoms with van der Waals surface area (Å²) in [5.74, 6) is 0.0757. The molecule has 1 aromatic carbocycles. The fourth-order valence-electron chi connectivity index (χ4n) is 3.99. The number of carbonyl (C=O) groups excluding carboxylic acids is 1. The van der Waals surface area contributed by atoms with Crippen LogP contribution in [-0.4, -0.2) is 53.1 Å². The highest BCUT2D eigenvalue weighted by atomic mass is 35.5. The van der Waals surface area contributed by atoms with Crippen LogP contribution in [0, 0.1) is 5.41 Å². The molecule has 23 heavy (non-hydrogen) atoms. The van der Waals surface area contributed by atoms with Crippen LogP contribution in [0.3, 0.4) is 0 Å². The molecule has 3 rings (SSSR count). The lowest BCUT2D eigenvalue weighted by molar-refractivity contribution is -0.138. The molecule has 1 unspecified atom stereocenters. The summed E-state index contributed by atoms with van der Waals surface area (Å²) in [4.78, 5) is 16.0. The Hall–Kier alpha value is -1.10. The summed E-state index contributed by atoms with van der Waals surface area (Å²) in [5, 5.41) is 10.9. The van der Waals surface area contributed by atoms with Gasteiger partial charge in [-0.05, 0) is 55.5 Å². The molecule has 0 saturated carbocycles. The average molecular weight is 337 g/mol. The zero-order valence-corrected chi connectivity index (χ0v) is 14.4. The fourth-order valence-corrected chi connectivity index (χ4v) is 4.11. The van der Waals surface area contributed by atoms with Crippen molar-refractivity contribution in [1.29, 1.82) is 0 Å². The van der Waals surface area contributed by atoms with Gasteiger partial charge in [-0.1, -0.05) is 23.7 Å². The molecule has 0 aliphatic carbocycles. The van der Waals surface area contributed by atoms with Crippen LogP contribution in [0.5, 0.6) is 0 Å². The van der Waals surface area contributed by atoms with E-state index in [1.807, 2.05) is 17.0 Å². The lowest BCUT2D eigenvalue weighted by atomic mass is 9.71. The minimum Gasteiger partial charge on any atom is -0.391 e. The van der Waals surface area contributed by atoms with Crippen molar-refractivity contribution in [2.24, 2.45) is 5.41 Å². The number of nitrogens with zero attached hydrogens (tertiary/aromatic N) is 2. The van der Waals surface area contributed by atoms with E-state index < -0.39 is 0 Å². The maximum absolute atomic E-state index is 11.7. The third kappa shape index (κ3) is 4.06. The van der Waals surface area contributed by atoms with Gasteiger partial charge in [0.2, 0.25) is 5.91 Å². The SMILES string of the molecule is CC(=O)N1CC(O)CC2(CCN(Cc3ccc(Cl)cc3)CC2)C1. The molecule has 0 aromatic heterocycles. The number of piperidine rings is 2. The summed E-state index contributed by atoms with van der Waals surface area (Å²) >= 11 is 5.94. The first kappa shape index (κ1) is 16.7. The first-order chi connectivity index (χ1) is 11.0. The highest BCUT2D eigenvalue weighted by Gasteiger charge is 2.42. The van der Waals surface area contributed by atoms with Gasteiger partial charge in [-0.15, -0.1) is 0 Å². The topological polar surface area (TPSA) is 43.8 Å². The van der Waals surface area contributed by atoms with Crippen LogP contribution in [-0.2, 0) is 11.3 Å². The summed E-state index contributed by atoms with van der Waals surface area (Å²) in [5.41, 5.74) is 1.37. The number of halogens is 1. The van der Waals surface area contributed by atoms with Crippen molar-refractivity contribution in [3.05, 3.63) is 34.9 Å². The Kier molecular flexibility index (Phi) is 4.95. The summed E-state index contributed by atoms with van der Waals surface area (Å²) in [6, 6.07) is 8.03. The van der Waals surface area contributed by atoms with Gasteiger partial charge >= 0.3 is 0 Å². The number of likely N-dealkylation sites (tertiary alicyclic amines) is 2. The molecule has 2 fully saturated rings. The number of hydrogen-bond acceptors (Lipinski definition) is 3. The Labute approximate surface area is 143 Å². The molecule has 126 valence electrons. The molecule has 0 bridgehead atoms. The van der Waals surface area contributed by atoms with Gasteiger partial charge in [0.05, 0.1) is 6.10 Å². The zero-order chi connectivity index (χ0) is 16.4. The van der Waals surface area contributed by atoms with Gasteiger partial charge in [-0.2, -0.15) is 0 Å². The molecule has 1 atom stereocenters. The molecule has 5 heteroatoms. The molecule has 2 heterocycles. The highest BCUT2D eigenvalue weighted by Crippen LogP contribution is 2.40. The van der Waals surface area contributed by atoms with E-state index in [4.69, 9.17) is 11.6 Å². The van der Waals surface area contributed by atoms with E-state index in [1.165, 1.54) is 5.56 Å². The second-order valence-corrected chi connectivity index (χ2v) is 7.60. The van der Waals surface area contributed by atoms with Gasteiger partial charge in [0, 0.05) is 31.6 Å². The number of aliphatic hydroxyl groups is 1. The Morgan fingerprint density at radius 1 is 1.30 bits per heavy atom. The van der Waals surface area contributed by atoms with Gasteiger partial charge in [-0.25, -0.2) is 0 Å².